The van der Waals surface area contributed by atoms with Crippen LogP contribution < -0.4 is 5.32 Å². The van der Waals surface area contributed by atoms with E-state index in [9.17, 15) is 4.79 Å². The first-order valence-electron chi connectivity index (χ1n) is 7.94. The summed E-state index contributed by atoms with van der Waals surface area (Å²) >= 11 is 0. The summed E-state index contributed by atoms with van der Waals surface area (Å²) < 4.78 is 7.01. The van der Waals surface area contributed by atoms with Crippen molar-refractivity contribution in [1.29, 1.82) is 0 Å². The molecule has 3 atom stereocenters. The van der Waals surface area contributed by atoms with Gasteiger partial charge in [0, 0.05) is 13.0 Å². The Balaban J connectivity index is 1.69. The highest BCUT2D eigenvalue weighted by Crippen LogP contribution is 2.48. The number of aromatic nitrogens is 2. The van der Waals surface area contributed by atoms with Gasteiger partial charge in [-0.3, -0.25) is 9.48 Å². The molecule has 0 radical (unpaired) electrons. The Labute approximate surface area is 126 Å². The number of amides is 1. The van der Waals surface area contributed by atoms with Gasteiger partial charge in [0.25, 0.3) is 0 Å². The lowest BCUT2D eigenvalue weighted by molar-refractivity contribution is -0.121. The molecule has 1 aromatic heterocycles. The number of nitrogens with one attached hydrogen (secondary N) is 1. The van der Waals surface area contributed by atoms with Gasteiger partial charge in [0.2, 0.25) is 5.91 Å². The number of anilines is 1. The molecule has 0 spiro atoms. The molecule has 0 saturated heterocycles. The molecule has 1 heterocycles. The van der Waals surface area contributed by atoms with Gasteiger partial charge in [-0.05, 0) is 44.9 Å². The van der Waals surface area contributed by atoms with Gasteiger partial charge in [-0.1, -0.05) is 6.42 Å². The van der Waals surface area contributed by atoms with Gasteiger partial charge >= 0.3 is 0 Å². The van der Waals surface area contributed by atoms with E-state index >= 15 is 0 Å². The number of carbonyl (C=O) groups excluding carboxylic acids is 1. The van der Waals surface area contributed by atoms with Crippen LogP contribution in [0.2, 0.25) is 0 Å². The number of aryl methyl sites for hydroxylation is 1. The fourth-order valence-electron chi connectivity index (χ4n) is 4.06. The number of ether oxygens (including phenoxy) is 1. The quantitative estimate of drug-likeness (QED) is 0.907. The predicted molar refractivity (Wildman–Crippen MR) is 81.1 cm³/mol. The van der Waals surface area contributed by atoms with Gasteiger partial charge in [-0.25, -0.2) is 0 Å². The maximum atomic E-state index is 12.6. The third-order valence-corrected chi connectivity index (χ3v) is 5.21. The zero-order valence-electron chi connectivity index (χ0n) is 13.2. The van der Waals surface area contributed by atoms with Crippen LogP contribution in [0.4, 0.5) is 5.69 Å². The molecule has 116 valence electrons. The molecular formula is C16H25N3O2. The highest BCUT2D eigenvalue weighted by Gasteiger charge is 2.43. The maximum Gasteiger partial charge on any atom is 0.227 e. The van der Waals surface area contributed by atoms with E-state index < -0.39 is 0 Å². The molecule has 21 heavy (non-hydrogen) atoms. The average Bonchev–Trinajstić information content (AvgIpc) is 3.15. The molecule has 2 saturated carbocycles. The Morgan fingerprint density at radius 3 is 2.81 bits per heavy atom. The second kappa shape index (κ2) is 5.79. The number of rotatable bonds is 5. The van der Waals surface area contributed by atoms with E-state index in [0.29, 0.717) is 19.1 Å². The lowest BCUT2D eigenvalue weighted by Gasteiger charge is -2.20. The highest BCUT2D eigenvalue weighted by molar-refractivity contribution is 5.94. The monoisotopic (exact) mass is 291 g/mol. The van der Waals surface area contributed by atoms with Crippen LogP contribution in [0.25, 0.3) is 0 Å². The summed E-state index contributed by atoms with van der Waals surface area (Å²) in [6.07, 6.45) is 4.88. The minimum atomic E-state index is 0.194. The first-order chi connectivity index (χ1) is 10.1. The fraction of sp³-hybridized carbons (Fsp3) is 0.750. The van der Waals surface area contributed by atoms with Crippen molar-refractivity contribution in [2.75, 3.05) is 19.0 Å². The summed E-state index contributed by atoms with van der Waals surface area (Å²) in [5.41, 5.74) is 2.79. The number of nitrogens with zero attached hydrogens (tertiary/aromatic N) is 2. The molecule has 2 fully saturated rings. The molecule has 0 aliphatic heterocycles. The number of hydrogen-bond donors (Lipinski definition) is 1. The average molecular weight is 291 g/mol. The van der Waals surface area contributed by atoms with Crippen LogP contribution >= 0.6 is 0 Å². The summed E-state index contributed by atoms with van der Waals surface area (Å²) in [7, 11) is 1.68. The van der Waals surface area contributed by atoms with E-state index in [1.807, 2.05) is 18.5 Å². The topological polar surface area (TPSA) is 56.1 Å². The molecule has 5 heteroatoms. The fourth-order valence-corrected chi connectivity index (χ4v) is 4.06. The van der Waals surface area contributed by atoms with Gasteiger partial charge in [-0.15, -0.1) is 0 Å². The molecule has 1 aromatic rings. The summed E-state index contributed by atoms with van der Waals surface area (Å²) in [4.78, 5) is 12.6. The zero-order chi connectivity index (χ0) is 15.0. The summed E-state index contributed by atoms with van der Waals surface area (Å²) in [5, 5.41) is 7.64. The third-order valence-electron chi connectivity index (χ3n) is 5.21. The van der Waals surface area contributed by atoms with E-state index in [2.05, 4.69) is 10.4 Å². The number of methoxy groups -OCH3 is 1. The highest BCUT2D eigenvalue weighted by atomic mass is 16.5. The Morgan fingerprint density at radius 2 is 2.19 bits per heavy atom. The van der Waals surface area contributed by atoms with Gasteiger partial charge in [-0.2, -0.15) is 5.10 Å². The summed E-state index contributed by atoms with van der Waals surface area (Å²) in [5.74, 6) is 1.81. The Morgan fingerprint density at radius 1 is 1.38 bits per heavy atom. The van der Waals surface area contributed by atoms with Crippen molar-refractivity contribution in [3.05, 3.63) is 11.4 Å². The van der Waals surface area contributed by atoms with Crippen LogP contribution in [0.15, 0.2) is 0 Å². The van der Waals surface area contributed by atoms with Crippen molar-refractivity contribution >= 4 is 11.6 Å². The van der Waals surface area contributed by atoms with Gasteiger partial charge in [0.1, 0.15) is 0 Å². The molecule has 0 unspecified atom stereocenters. The second-order valence-corrected chi connectivity index (χ2v) is 6.53. The van der Waals surface area contributed by atoms with Crippen molar-refractivity contribution in [3.63, 3.8) is 0 Å². The van der Waals surface area contributed by atoms with Gasteiger partial charge < -0.3 is 10.1 Å². The Hall–Kier alpha value is -1.36. The van der Waals surface area contributed by atoms with Gasteiger partial charge in [0.05, 0.1) is 30.2 Å². The predicted octanol–water partition coefficient (Wildman–Crippen LogP) is 2.52. The molecule has 2 aliphatic rings. The largest absolute Gasteiger partial charge is 0.383 e. The van der Waals surface area contributed by atoms with E-state index in [0.717, 1.165) is 29.4 Å². The standard InChI is InChI=1S/C16H25N3O2/c1-10-15(11(2)19(18-10)6-7-21-3)17-16(20)14-9-12-4-5-13(14)8-12/h12-14H,4-9H2,1-3H3,(H,17,20)/t12-,13-,14-/m0/s1. The number of fused-ring (bicyclic) bond motifs is 2. The van der Waals surface area contributed by atoms with Crippen LogP contribution in [0.1, 0.15) is 37.1 Å². The molecule has 3 rings (SSSR count). The smallest absolute Gasteiger partial charge is 0.227 e. The van der Waals surface area contributed by atoms with E-state index in [4.69, 9.17) is 4.74 Å². The van der Waals surface area contributed by atoms with Crippen molar-refractivity contribution in [1.82, 2.24) is 9.78 Å². The van der Waals surface area contributed by atoms with Crippen molar-refractivity contribution in [3.8, 4) is 0 Å². The lowest BCUT2D eigenvalue weighted by atomic mass is 9.88. The third kappa shape index (κ3) is 2.71. The second-order valence-electron chi connectivity index (χ2n) is 6.53. The summed E-state index contributed by atoms with van der Waals surface area (Å²) in [6, 6.07) is 0. The minimum absolute atomic E-state index is 0.194. The molecule has 2 bridgehead atoms. The first kappa shape index (κ1) is 14.6. The molecule has 1 N–H and O–H groups in total. The number of hydrogen-bond acceptors (Lipinski definition) is 3. The zero-order valence-corrected chi connectivity index (χ0v) is 13.2. The molecule has 2 aliphatic carbocycles. The minimum Gasteiger partial charge on any atom is -0.383 e. The van der Waals surface area contributed by atoms with Crippen molar-refractivity contribution < 1.29 is 9.53 Å². The summed E-state index contributed by atoms with van der Waals surface area (Å²) in [6.45, 7) is 5.30. The molecule has 0 aromatic carbocycles. The molecule has 5 nitrogen and oxygen atoms in total. The van der Waals surface area contributed by atoms with E-state index in [1.165, 1.54) is 19.3 Å². The van der Waals surface area contributed by atoms with Crippen LogP contribution in [-0.2, 0) is 16.1 Å². The number of carbonyl (C=O) groups is 1. The van der Waals surface area contributed by atoms with Crippen LogP contribution in [-0.4, -0.2) is 29.4 Å². The molecular weight excluding hydrogens is 266 g/mol. The van der Waals surface area contributed by atoms with E-state index in [-0.39, 0.29) is 11.8 Å². The van der Waals surface area contributed by atoms with Crippen LogP contribution in [0.3, 0.4) is 0 Å². The van der Waals surface area contributed by atoms with Gasteiger partial charge in [0.15, 0.2) is 0 Å². The SMILES string of the molecule is COCCn1nc(C)c(NC(=O)[C@H]2C[C@H]3CC[C@H]2C3)c1C. The molecule has 1 amide bonds. The van der Waals surface area contributed by atoms with Crippen molar-refractivity contribution in [2.24, 2.45) is 17.8 Å². The Bertz CT molecular complexity index is 538. The van der Waals surface area contributed by atoms with E-state index in [1.54, 1.807) is 7.11 Å². The maximum absolute atomic E-state index is 12.6. The van der Waals surface area contributed by atoms with Crippen molar-refractivity contribution in [2.45, 2.75) is 46.1 Å². The first-order valence-corrected chi connectivity index (χ1v) is 7.94. The Kier molecular flexibility index (Phi) is 4.02. The van der Waals surface area contributed by atoms with Crippen LogP contribution in [0.5, 0.6) is 0 Å². The van der Waals surface area contributed by atoms with Crippen LogP contribution in [0, 0.1) is 31.6 Å². The lowest BCUT2D eigenvalue weighted by Crippen LogP contribution is -2.27. The normalized spacial score (nSPS) is 27.3.